The Hall–Kier alpha value is 0.0395. The van der Waals surface area contributed by atoms with Crippen LogP contribution in [0.1, 0.15) is 0 Å². The third-order valence-electron chi connectivity index (χ3n) is 0. The molecule has 4 nitrogen and oxygen atoms in total. The number of rotatable bonds is 0. The molecule has 0 bridgehead atoms. The van der Waals surface area contributed by atoms with Gasteiger partial charge in [-0.1, -0.05) is 24.4 Å². The summed E-state index contributed by atoms with van der Waals surface area (Å²) < 4.78 is 0. The van der Waals surface area contributed by atoms with Crippen LogP contribution >= 0.6 is 24.4 Å². The van der Waals surface area contributed by atoms with Gasteiger partial charge in [-0.2, -0.15) is 10.3 Å². The van der Waals surface area contributed by atoms with Crippen molar-refractivity contribution in [2.75, 3.05) is 0 Å². The summed E-state index contributed by atoms with van der Waals surface area (Å²) in [5.74, 6) is 0. The standard InChI is InChI=1S/2CNS.Cu.2H2N/c2*2-1-3;;;/h;;;2*1H2/q2*-1;+2;2*-1. The minimum absolute atomic E-state index is 0. The van der Waals surface area contributed by atoms with Crippen molar-refractivity contribution in [1.82, 2.24) is 0 Å². The molecule has 0 unspecified atom stereocenters. The van der Waals surface area contributed by atoms with Crippen molar-refractivity contribution < 1.29 is 17.1 Å². The number of hydrogen-bond donors (Lipinski definition) is 0. The molecule has 0 saturated carbocycles. The number of nitrogens with two attached hydrogens (primary N) is 2. The largest absolute Gasteiger partial charge is 2.00 e. The summed E-state index contributed by atoms with van der Waals surface area (Å²) in [5, 5.41) is 16.9. The Morgan fingerprint density at radius 3 is 0.889 bits per heavy atom. The van der Waals surface area contributed by atoms with Crippen LogP contribution in [-0.2, 0) is 17.1 Å². The van der Waals surface area contributed by atoms with Crippen LogP contribution in [0.2, 0.25) is 0 Å². The first-order chi connectivity index (χ1) is 2.83. The van der Waals surface area contributed by atoms with Gasteiger partial charge in [0.15, 0.2) is 0 Å². The minimum Gasteiger partial charge on any atom is -0.753 e. The molecule has 0 aliphatic rings. The van der Waals surface area contributed by atoms with E-state index < -0.39 is 0 Å². The molecule has 0 heterocycles. The topological polar surface area (TPSA) is 112 Å². The molecule has 0 amide bonds. The summed E-state index contributed by atoms with van der Waals surface area (Å²) in [6, 6.07) is 0. The van der Waals surface area contributed by atoms with Gasteiger partial charge in [-0.15, -0.1) is 0 Å². The minimum atomic E-state index is 0. The third kappa shape index (κ3) is 188000. The van der Waals surface area contributed by atoms with E-state index >= 15 is 0 Å². The third-order valence-corrected chi connectivity index (χ3v) is 0. The maximum atomic E-state index is 7.13. The molecule has 7 heteroatoms. The number of nitrogens with zero attached hydrogens (tertiary/aromatic N) is 2. The first kappa shape index (κ1) is 35.8. The molecule has 0 aromatic heterocycles. The fraction of sp³-hybridized carbons (Fsp3) is 0. The first-order valence-corrected chi connectivity index (χ1v) is 1.67. The van der Waals surface area contributed by atoms with Crippen LogP contribution in [0.15, 0.2) is 0 Å². The fourth-order valence-electron chi connectivity index (χ4n) is 0. The Kier molecular flexibility index (Phi) is 381. The summed E-state index contributed by atoms with van der Waals surface area (Å²) in [6.07, 6.45) is 0. The van der Waals surface area contributed by atoms with E-state index in [0.29, 0.717) is 0 Å². The summed E-state index contributed by atoms with van der Waals surface area (Å²) in [7, 11) is 0. The van der Waals surface area contributed by atoms with Crippen LogP contribution in [0.4, 0.5) is 0 Å². The summed E-state index contributed by atoms with van der Waals surface area (Å²) in [5.41, 5.74) is 0. The van der Waals surface area contributed by atoms with Gasteiger partial charge in [0, 0.05) is 0 Å². The Balaban J connectivity index is -0.00000000889. The van der Waals surface area contributed by atoms with Gasteiger partial charge in [0.25, 0.3) is 0 Å². The molecule has 0 atom stereocenters. The maximum absolute atomic E-state index is 7.13. The summed E-state index contributed by atoms with van der Waals surface area (Å²) >= 11 is 7.40. The first-order valence-electron chi connectivity index (χ1n) is 0.855. The van der Waals surface area contributed by atoms with Crippen molar-refractivity contribution >= 4 is 34.8 Å². The second-order valence-electron chi connectivity index (χ2n) is 0.183. The smallest absolute Gasteiger partial charge is 0.753 e. The van der Waals surface area contributed by atoms with Crippen molar-refractivity contribution in [2.45, 2.75) is 0 Å². The van der Waals surface area contributed by atoms with E-state index in [-0.39, 0.29) is 29.4 Å². The van der Waals surface area contributed by atoms with Gasteiger partial charge in [0.2, 0.25) is 0 Å². The Morgan fingerprint density at radius 1 is 0.889 bits per heavy atom. The van der Waals surface area contributed by atoms with Crippen molar-refractivity contribution in [1.29, 1.82) is 0 Å². The molecule has 9 heavy (non-hydrogen) atoms. The molecule has 0 aliphatic carbocycles. The molecule has 0 aliphatic heterocycles. The summed E-state index contributed by atoms with van der Waals surface area (Å²) in [4.78, 5) is 0. The van der Waals surface area contributed by atoms with E-state index in [4.69, 9.17) is 10.8 Å². The average molecular weight is 212 g/mol. The predicted octanol–water partition coefficient (Wildman–Crippen LogP) is 2.75. The number of thiocarbonyl (C=S) groups is 2. The SMILES string of the molecule is [Cu+2].[N-]=C=S.[N-]=C=S.[NH2-].[NH2-]. The van der Waals surface area contributed by atoms with Crippen molar-refractivity contribution in [2.24, 2.45) is 0 Å². The number of isothiocyanates is 2. The van der Waals surface area contributed by atoms with Gasteiger partial charge in [-0.25, -0.2) is 0 Å². The Bertz CT molecular complexity index is 70.6. The zero-order valence-electron chi connectivity index (χ0n) is 4.17. The van der Waals surface area contributed by atoms with Crippen molar-refractivity contribution in [3.05, 3.63) is 23.1 Å². The molecule has 0 saturated heterocycles. The van der Waals surface area contributed by atoms with Crippen LogP contribution in [0.25, 0.3) is 23.1 Å². The van der Waals surface area contributed by atoms with E-state index in [0.717, 1.165) is 0 Å². The second kappa shape index (κ2) is 95.8. The van der Waals surface area contributed by atoms with Gasteiger partial charge in [0.05, 0.1) is 0 Å². The van der Waals surface area contributed by atoms with Gasteiger partial charge in [0.1, 0.15) is 0 Å². The predicted molar refractivity (Wildman–Crippen MR) is 42.5 cm³/mol. The summed E-state index contributed by atoms with van der Waals surface area (Å²) in [6.45, 7) is 0. The van der Waals surface area contributed by atoms with Crippen LogP contribution in [-0.4, -0.2) is 10.3 Å². The van der Waals surface area contributed by atoms with E-state index in [1.807, 2.05) is 0 Å². The van der Waals surface area contributed by atoms with Crippen LogP contribution < -0.4 is 0 Å². The van der Waals surface area contributed by atoms with E-state index in [1.54, 1.807) is 0 Å². The molecule has 0 aromatic carbocycles. The van der Waals surface area contributed by atoms with Crippen molar-refractivity contribution in [3.8, 4) is 0 Å². The quantitative estimate of drug-likeness (QED) is 0.349. The maximum Gasteiger partial charge on any atom is 2.00 e. The molecular weight excluding hydrogens is 208 g/mol. The zero-order valence-corrected chi connectivity index (χ0v) is 6.74. The fourth-order valence-corrected chi connectivity index (χ4v) is 0. The monoisotopic (exact) mass is 211 g/mol. The Labute approximate surface area is 75.1 Å². The zero-order chi connectivity index (χ0) is 5.41. The second-order valence-corrected chi connectivity index (χ2v) is 0.548. The average Bonchev–Trinajstić information content (AvgIpc) is 1.39. The van der Waals surface area contributed by atoms with E-state index in [9.17, 15) is 0 Å². The van der Waals surface area contributed by atoms with Crippen LogP contribution in [0.3, 0.4) is 0 Å². The van der Waals surface area contributed by atoms with Gasteiger partial charge < -0.3 is 23.1 Å². The Morgan fingerprint density at radius 2 is 0.889 bits per heavy atom. The van der Waals surface area contributed by atoms with E-state index in [2.05, 4.69) is 24.4 Å². The molecule has 4 N–H and O–H groups in total. The molecule has 0 fully saturated rings. The van der Waals surface area contributed by atoms with Crippen molar-refractivity contribution in [3.63, 3.8) is 0 Å². The molecule has 0 aromatic rings. The van der Waals surface area contributed by atoms with Crippen LogP contribution in [0.5, 0.6) is 0 Å². The molecular formula is C2H4CuN4S2-2. The van der Waals surface area contributed by atoms with Gasteiger partial charge >= 0.3 is 17.1 Å². The van der Waals surface area contributed by atoms with Gasteiger partial charge in [-0.05, 0) is 0 Å². The van der Waals surface area contributed by atoms with E-state index in [1.165, 1.54) is 10.3 Å². The number of hydrogen-bond acceptors (Lipinski definition) is 2. The molecule has 57 valence electrons. The molecule has 0 spiro atoms. The molecule has 0 rings (SSSR count). The van der Waals surface area contributed by atoms with Crippen LogP contribution in [0, 0.1) is 0 Å². The van der Waals surface area contributed by atoms with Gasteiger partial charge in [-0.3, -0.25) is 0 Å². The normalized spacial score (nSPS) is 1.78. The molecule has 1 radical (unpaired) electrons.